The summed E-state index contributed by atoms with van der Waals surface area (Å²) < 4.78 is 12.8. The van der Waals surface area contributed by atoms with Crippen LogP contribution >= 0.6 is 11.6 Å². The van der Waals surface area contributed by atoms with Gasteiger partial charge < -0.3 is 23.9 Å². The molecule has 2 N–H and O–H groups in total. The van der Waals surface area contributed by atoms with Crippen molar-refractivity contribution >= 4 is 17.6 Å². The molecule has 9 nitrogen and oxygen atoms in total. The maximum absolute atomic E-state index is 12.8. The van der Waals surface area contributed by atoms with Crippen LogP contribution in [-0.2, 0) is 22.6 Å². The van der Waals surface area contributed by atoms with E-state index < -0.39 is 23.1 Å². The predicted octanol–water partition coefficient (Wildman–Crippen LogP) is 3.18. The van der Waals surface area contributed by atoms with Gasteiger partial charge >= 0.3 is 5.97 Å². The number of rotatable bonds is 6. The number of pyridine rings is 1. The standard InChI is InChI=1S/C27H27ClN2O7/c1-36-25(34)10-19(16-5-6-22(31)20(28)8-16)27-26(35)23(32)9-18(37-27)14-29-11-15-7-17(13-29)21-3-2-4-24(33)30(21)12-15/h2-6,8-9,15,17,19,31,35H,7,10-14H2,1H3/t15-,17+,19-/m0/s1. The van der Waals surface area contributed by atoms with Gasteiger partial charge in [0.05, 0.1) is 31.0 Å². The molecule has 3 aromatic rings. The van der Waals surface area contributed by atoms with Gasteiger partial charge in [-0.1, -0.05) is 23.7 Å². The van der Waals surface area contributed by atoms with E-state index in [1.165, 1.54) is 25.3 Å². The molecule has 10 heteroatoms. The van der Waals surface area contributed by atoms with Crippen molar-refractivity contribution in [2.75, 3.05) is 20.2 Å². The molecule has 2 bridgehead atoms. The number of fused-ring (bicyclic) bond motifs is 4. The number of ether oxygens (including phenoxy) is 1. The second-order valence-corrected chi connectivity index (χ2v) is 10.1. The fourth-order valence-electron chi connectivity index (χ4n) is 5.57. The maximum Gasteiger partial charge on any atom is 0.306 e. The second kappa shape index (κ2) is 10.1. The van der Waals surface area contributed by atoms with Crippen LogP contribution in [0.25, 0.3) is 0 Å². The summed E-state index contributed by atoms with van der Waals surface area (Å²) in [5, 5.41) is 20.5. The molecule has 0 unspecified atom stereocenters. The van der Waals surface area contributed by atoms with Crippen molar-refractivity contribution in [2.24, 2.45) is 5.92 Å². The van der Waals surface area contributed by atoms with Crippen molar-refractivity contribution in [3.8, 4) is 11.5 Å². The molecule has 1 saturated heterocycles. The summed E-state index contributed by atoms with van der Waals surface area (Å²) >= 11 is 6.09. The first kappa shape index (κ1) is 25.1. The van der Waals surface area contributed by atoms with Crippen LogP contribution in [0.15, 0.2) is 56.5 Å². The SMILES string of the molecule is COC(=O)C[C@@H](c1ccc(O)c(Cl)c1)c1oc(CN2C[C@@H]3C[C@H](C2)c2cccc(=O)n2C3)cc(=O)c1O. The van der Waals surface area contributed by atoms with E-state index in [0.717, 1.165) is 18.7 Å². The van der Waals surface area contributed by atoms with Gasteiger partial charge in [0.1, 0.15) is 11.5 Å². The Morgan fingerprint density at radius 1 is 1.16 bits per heavy atom. The first-order valence-electron chi connectivity index (χ1n) is 12.1. The summed E-state index contributed by atoms with van der Waals surface area (Å²) in [6.07, 6.45) is 0.782. The average Bonchev–Trinajstić information content (AvgIpc) is 2.87. The summed E-state index contributed by atoms with van der Waals surface area (Å²) in [5.74, 6) is -1.40. The summed E-state index contributed by atoms with van der Waals surface area (Å²) in [6.45, 7) is 2.40. The van der Waals surface area contributed by atoms with E-state index in [1.54, 1.807) is 18.2 Å². The van der Waals surface area contributed by atoms with Gasteiger partial charge in [-0.15, -0.1) is 0 Å². The molecule has 0 radical (unpaired) electrons. The van der Waals surface area contributed by atoms with Gasteiger partial charge in [0.25, 0.3) is 5.56 Å². The van der Waals surface area contributed by atoms with Crippen LogP contribution in [0, 0.1) is 5.92 Å². The van der Waals surface area contributed by atoms with Gasteiger partial charge in [0, 0.05) is 43.4 Å². The molecule has 2 aromatic heterocycles. The van der Waals surface area contributed by atoms with Crippen molar-refractivity contribution in [1.82, 2.24) is 9.47 Å². The van der Waals surface area contributed by atoms with Crippen LogP contribution in [0.4, 0.5) is 0 Å². The first-order valence-corrected chi connectivity index (χ1v) is 12.4. The zero-order chi connectivity index (χ0) is 26.3. The molecule has 0 saturated carbocycles. The van der Waals surface area contributed by atoms with Crippen LogP contribution in [-0.4, -0.2) is 45.8 Å². The van der Waals surface area contributed by atoms with Gasteiger partial charge in [-0.2, -0.15) is 0 Å². The number of hydrogen-bond donors (Lipinski definition) is 2. The van der Waals surface area contributed by atoms with Crippen LogP contribution in [0.1, 0.15) is 47.5 Å². The fourth-order valence-corrected chi connectivity index (χ4v) is 5.76. The monoisotopic (exact) mass is 526 g/mol. The number of phenolic OH excluding ortho intramolecular Hbond substituents is 1. The van der Waals surface area contributed by atoms with Crippen molar-refractivity contribution < 1.29 is 24.2 Å². The Hall–Kier alpha value is -3.56. The Balaban J connectivity index is 1.46. The van der Waals surface area contributed by atoms with E-state index in [1.807, 2.05) is 10.6 Å². The average molecular weight is 527 g/mol. The van der Waals surface area contributed by atoms with Crippen LogP contribution in [0.5, 0.6) is 11.5 Å². The summed E-state index contributed by atoms with van der Waals surface area (Å²) in [5.41, 5.74) is 0.882. The Bertz CT molecular complexity index is 1460. The third-order valence-electron chi connectivity index (χ3n) is 7.22. The number of benzene rings is 1. The molecule has 37 heavy (non-hydrogen) atoms. The lowest BCUT2D eigenvalue weighted by atomic mass is 9.83. The Morgan fingerprint density at radius 3 is 2.73 bits per heavy atom. The first-order chi connectivity index (χ1) is 17.7. The molecular formula is C27H27ClN2O7. The molecule has 4 heterocycles. The molecule has 0 spiro atoms. The van der Waals surface area contributed by atoms with Crippen LogP contribution in [0.3, 0.4) is 0 Å². The molecule has 5 rings (SSSR count). The minimum absolute atomic E-state index is 0.0146. The number of aromatic hydroxyl groups is 2. The van der Waals surface area contributed by atoms with Crippen molar-refractivity contribution in [3.63, 3.8) is 0 Å². The lowest BCUT2D eigenvalue weighted by Gasteiger charge is -2.42. The lowest BCUT2D eigenvalue weighted by molar-refractivity contribution is -0.140. The fraction of sp³-hybridized carbons (Fsp3) is 0.370. The lowest BCUT2D eigenvalue weighted by Crippen LogP contribution is -2.46. The number of carbonyl (C=O) groups excluding carboxylic acids is 1. The Morgan fingerprint density at radius 2 is 1.97 bits per heavy atom. The number of esters is 1. The Kier molecular flexibility index (Phi) is 6.83. The van der Waals surface area contributed by atoms with E-state index in [4.69, 9.17) is 20.8 Å². The number of likely N-dealkylation sites (tertiary alicyclic amines) is 1. The largest absolute Gasteiger partial charge is 0.506 e. The highest BCUT2D eigenvalue weighted by molar-refractivity contribution is 6.32. The van der Waals surface area contributed by atoms with Gasteiger partial charge in [-0.25, -0.2) is 0 Å². The predicted molar refractivity (Wildman–Crippen MR) is 135 cm³/mol. The quantitative estimate of drug-likeness (QED) is 0.470. The van der Waals surface area contributed by atoms with Gasteiger partial charge in [0.2, 0.25) is 11.2 Å². The van der Waals surface area contributed by atoms with E-state index in [2.05, 4.69) is 4.90 Å². The number of methoxy groups -OCH3 is 1. The topological polar surface area (TPSA) is 122 Å². The smallest absolute Gasteiger partial charge is 0.306 e. The second-order valence-electron chi connectivity index (χ2n) is 9.73. The van der Waals surface area contributed by atoms with E-state index in [0.29, 0.717) is 36.9 Å². The highest BCUT2D eigenvalue weighted by Crippen LogP contribution is 2.38. The van der Waals surface area contributed by atoms with Gasteiger partial charge in [0.15, 0.2) is 5.76 Å². The summed E-state index contributed by atoms with van der Waals surface area (Å²) in [7, 11) is 1.25. The molecule has 1 aromatic carbocycles. The number of aromatic nitrogens is 1. The summed E-state index contributed by atoms with van der Waals surface area (Å²) in [4.78, 5) is 39.5. The minimum Gasteiger partial charge on any atom is -0.506 e. The number of halogens is 1. The number of piperidine rings is 1. The highest BCUT2D eigenvalue weighted by Gasteiger charge is 2.35. The Labute approximate surface area is 217 Å². The van der Waals surface area contributed by atoms with Crippen molar-refractivity contribution in [3.05, 3.63) is 90.8 Å². The van der Waals surface area contributed by atoms with Crippen LogP contribution < -0.4 is 11.0 Å². The molecule has 2 aliphatic heterocycles. The zero-order valence-electron chi connectivity index (χ0n) is 20.2. The van der Waals surface area contributed by atoms with E-state index in [9.17, 15) is 24.6 Å². The third-order valence-corrected chi connectivity index (χ3v) is 7.53. The zero-order valence-corrected chi connectivity index (χ0v) is 21.0. The molecule has 194 valence electrons. The molecule has 3 atom stereocenters. The van der Waals surface area contributed by atoms with Crippen molar-refractivity contribution in [1.29, 1.82) is 0 Å². The number of hydrogen-bond acceptors (Lipinski definition) is 8. The molecular weight excluding hydrogens is 500 g/mol. The molecule has 1 fully saturated rings. The summed E-state index contributed by atoms with van der Waals surface area (Å²) in [6, 6.07) is 11.0. The van der Waals surface area contributed by atoms with E-state index in [-0.39, 0.29) is 34.4 Å². The minimum atomic E-state index is -0.863. The van der Waals surface area contributed by atoms with Crippen LogP contribution in [0.2, 0.25) is 5.02 Å². The number of nitrogens with zero attached hydrogens (tertiary/aromatic N) is 2. The van der Waals surface area contributed by atoms with Gasteiger partial charge in [-0.05, 0) is 36.1 Å². The molecule has 2 aliphatic rings. The number of carbonyl (C=O) groups is 1. The molecule has 0 aliphatic carbocycles. The molecule has 0 amide bonds. The van der Waals surface area contributed by atoms with Gasteiger partial charge in [-0.3, -0.25) is 19.3 Å². The third kappa shape index (κ3) is 5.01. The van der Waals surface area contributed by atoms with E-state index >= 15 is 0 Å². The maximum atomic E-state index is 12.8. The normalized spacial score (nSPS) is 19.7. The highest BCUT2D eigenvalue weighted by atomic mass is 35.5. The number of phenols is 1. The van der Waals surface area contributed by atoms with Crippen molar-refractivity contribution in [2.45, 2.75) is 37.8 Å².